The highest BCUT2D eigenvalue weighted by Gasteiger charge is 2.32. The largest absolute Gasteiger partial charge is 0.409 e. The van der Waals surface area contributed by atoms with Crippen molar-refractivity contribution in [3.63, 3.8) is 0 Å². The summed E-state index contributed by atoms with van der Waals surface area (Å²) in [6.07, 6.45) is 1.62. The lowest BCUT2D eigenvalue weighted by Gasteiger charge is -2.23. The number of nitrogens with zero attached hydrogens (tertiary/aromatic N) is 2. The smallest absolute Gasteiger partial charge is 0.254 e. The zero-order valence-corrected chi connectivity index (χ0v) is 9.41. The van der Waals surface area contributed by atoms with E-state index in [-0.39, 0.29) is 17.8 Å². The van der Waals surface area contributed by atoms with E-state index in [0.29, 0.717) is 12.1 Å². The molecule has 1 aliphatic rings. The van der Waals surface area contributed by atoms with Gasteiger partial charge in [-0.1, -0.05) is 23.4 Å². The molecule has 2 rings (SSSR count). The number of amides is 1. The van der Waals surface area contributed by atoms with E-state index < -0.39 is 0 Å². The normalized spacial score (nSPS) is 20.6. The summed E-state index contributed by atoms with van der Waals surface area (Å²) in [6.45, 7) is 0.647. The summed E-state index contributed by atoms with van der Waals surface area (Å²) < 4.78 is 0. The number of oxime groups is 1. The molecule has 0 saturated carbocycles. The fourth-order valence-corrected chi connectivity index (χ4v) is 2.13. The lowest BCUT2D eigenvalue weighted by molar-refractivity contribution is 0.0768. The van der Waals surface area contributed by atoms with E-state index in [0.717, 1.165) is 12.8 Å². The number of amidine groups is 1. The summed E-state index contributed by atoms with van der Waals surface area (Å²) >= 11 is 0. The van der Waals surface area contributed by atoms with Crippen molar-refractivity contribution in [3.05, 3.63) is 35.9 Å². The van der Waals surface area contributed by atoms with E-state index >= 15 is 0 Å². The van der Waals surface area contributed by atoms with Crippen LogP contribution in [0.2, 0.25) is 0 Å². The second-order valence-corrected chi connectivity index (χ2v) is 4.05. The van der Waals surface area contributed by atoms with Crippen LogP contribution in [-0.4, -0.2) is 34.4 Å². The van der Waals surface area contributed by atoms with E-state index in [2.05, 4.69) is 5.16 Å². The zero-order valence-electron chi connectivity index (χ0n) is 9.41. The molecule has 1 atom stereocenters. The number of likely N-dealkylation sites (tertiary alicyclic amines) is 1. The van der Waals surface area contributed by atoms with Crippen molar-refractivity contribution in [3.8, 4) is 0 Å². The van der Waals surface area contributed by atoms with Crippen LogP contribution >= 0.6 is 0 Å². The second kappa shape index (κ2) is 4.86. The summed E-state index contributed by atoms with van der Waals surface area (Å²) in [4.78, 5) is 13.9. The molecule has 90 valence electrons. The van der Waals surface area contributed by atoms with E-state index in [1.165, 1.54) is 0 Å². The number of hydrogen-bond acceptors (Lipinski definition) is 3. The predicted molar refractivity (Wildman–Crippen MR) is 63.9 cm³/mol. The summed E-state index contributed by atoms with van der Waals surface area (Å²) in [6, 6.07) is 8.76. The first-order valence-corrected chi connectivity index (χ1v) is 5.57. The van der Waals surface area contributed by atoms with Crippen LogP contribution in [0.25, 0.3) is 0 Å². The van der Waals surface area contributed by atoms with Gasteiger partial charge in [0.2, 0.25) is 0 Å². The van der Waals surface area contributed by atoms with Crippen LogP contribution in [0.1, 0.15) is 23.2 Å². The van der Waals surface area contributed by atoms with Gasteiger partial charge in [0.05, 0.1) is 6.04 Å². The summed E-state index contributed by atoms with van der Waals surface area (Å²) in [5, 5.41) is 11.7. The van der Waals surface area contributed by atoms with Crippen LogP contribution in [0, 0.1) is 0 Å². The highest BCUT2D eigenvalue weighted by molar-refractivity contribution is 5.98. The Morgan fingerprint density at radius 1 is 1.41 bits per heavy atom. The predicted octanol–water partition coefficient (Wildman–Crippen LogP) is 1.04. The molecule has 1 aromatic carbocycles. The molecule has 1 unspecified atom stereocenters. The maximum atomic E-state index is 12.2. The van der Waals surface area contributed by atoms with Crippen molar-refractivity contribution in [1.29, 1.82) is 0 Å². The van der Waals surface area contributed by atoms with E-state index in [1.54, 1.807) is 17.0 Å². The highest BCUT2D eigenvalue weighted by atomic mass is 16.4. The van der Waals surface area contributed by atoms with Gasteiger partial charge in [0, 0.05) is 12.1 Å². The van der Waals surface area contributed by atoms with Crippen molar-refractivity contribution in [2.45, 2.75) is 18.9 Å². The van der Waals surface area contributed by atoms with Crippen LogP contribution in [0.15, 0.2) is 35.5 Å². The molecule has 1 aliphatic heterocycles. The molecule has 1 saturated heterocycles. The highest BCUT2D eigenvalue weighted by Crippen LogP contribution is 2.20. The molecule has 17 heavy (non-hydrogen) atoms. The first-order valence-electron chi connectivity index (χ1n) is 5.57. The minimum Gasteiger partial charge on any atom is -0.409 e. The maximum Gasteiger partial charge on any atom is 0.254 e. The molecule has 1 heterocycles. The van der Waals surface area contributed by atoms with Gasteiger partial charge in [-0.15, -0.1) is 0 Å². The molecule has 1 aromatic rings. The third kappa shape index (κ3) is 2.22. The molecule has 1 fully saturated rings. The lowest BCUT2D eigenvalue weighted by Crippen LogP contribution is -2.43. The average molecular weight is 233 g/mol. The fraction of sp³-hybridized carbons (Fsp3) is 0.333. The minimum atomic E-state index is -0.285. The first-order chi connectivity index (χ1) is 8.24. The number of carbonyl (C=O) groups excluding carboxylic acids is 1. The van der Waals surface area contributed by atoms with Gasteiger partial charge in [-0.2, -0.15) is 0 Å². The molecule has 5 nitrogen and oxygen atoms in total. The van der Waals surface area contributed by atoms with Gasteiger partial charge in [-0.25, -0.2) is 0 Å². The standard InChI is InChI=1S/C12H15N3O2/c13-11(14-17)10-7-4-8-15(10)12(16)9-5-2-1-3-6-9/h1-3,5-6,10,17H,4,7-8H2,(H2,13,14). The van der Waals surface area contributed by atoms with Crippen molar-refractivity contribution in [2.75, 3.05) is 6.54 Å². The first kappa shape index (κ1) is 11.4. The summed E-state index contributed by atoms with van der Waals surface area (Å²) in [5.74, 6) is 0.0338. The second-order valence-electron chi connectivity index (χ2n) is 4.05. The Bertz CT molecular complexity index is 431. The zero-order chi connectivity index (χ0) is 12.3. The van der Waals surface area contributed by atoms with E-state index in [4.69, 9.17) is 10.9 Å². The molecule has 5 heteroatoms. The SMILES string of the molecule is NC(=NO)C1CCCN1C(=O)c1ccccc1. The Morgan fingerprint density at radius 3 is 2.76 bits per heavy atom. The number of benzene rings is 1. The number of rotatable bonds is 2. The van der Waals surface area contributed by atoms with Gasteiger partial charge >= 0.3 is 0 Å². The maximum absolute atomic E-state index is 12.2. The van der Waals surface area contributed by atoms with Crippen LogP contribution in [0.5, 0.6) is 0 Å². The van der Waals surface area contributed by atoms with Gasteiger partial charge < -0.3 is 15.8 Å². The number of nitrogens with two attached hydrogens (primary N) is 1. The molecule has 0 spiro atoms. The number of hydrogen-bond donors (Lipinski definition) is 2. The Kier molecular flexibility index (Phi) is 3.27. The third-order valence-corrected chi connectivity index (χ3v) is 2.99. The average Bonchev–Trinajstić information content (AvgIpc) is 2.87. The fourth-order valence-electron chi connectivity index (χ4n) is 2.13. The summed E-state index contributed by atoms with van der Waals surface area (Å²) in [7, 11) is 0. The monoisotopic (exact) mass is 233 g/mol. The Balaban J connectivity index is 2.20. The van der Waals surface area contributed by atoms with Crippen molar-refractivity contribution < 1.29 is 10.0 Å². The van der Waals surface area contributed by atoms with Crippen LogP contribution in [0.4, 0.5) is 0 Å². The van der Waals surface area contributed by atoms with E-state index in [9.17, 15) is 4.79 Å². The molecular formula is C12H15N3O2. The molecule has 0 bridgehead atoms. The molecule has 0 aromatic heterocycles. The molecule has 0 aliphatic carbocycles. The van der Waals surface area contributed by atoms with Crippen LogP contribution in [0.3, 0.4) is 0 Å². The molecule has 0 radical (unpaired) electrons. The van der Waals surface area contributed by atoms with Crippen LogP contribution < -0.4 is 5.73 Å². The lowest BCUT2D eigenvalue weighted by atomic mass is 10.1. The summed E-state index contributed by atoms with van der Waals surface area (Å²) in [5.41, 5.74) is 6.22. The Hall–Kier alpha value is -2.04. The van der Waals surface area contributed by atoms with Crippen molar-refractivity contribution in [2.24, 2.45) is 10.9 Å². The Morgan fingerprint density at radius 2 is 2.12 bits per heavy atom. The van der Waals surface area contributed by atoms with Gasteiger partial charge in [0.15, 0.2) is 5.84 Å². The molecule has 3 N–H and O–H groups in total. The van der Waals surface area contributed by atoms with Gasteiger partial charge in [0.1, 0.15) is 0 Å². The van der Waals surface area contributed by atoms with E-state index in [1.807, 2.05) is 18.2 Å². The number of carbonyl (C=O) groups is 1. The van der Waals surface area contributed by atoms with Crippen LogP contribution in [-0.2, 0) is 0 Å². The Labute approximate surface area is 99.5 Å². The van der Waals surface area contributed by atoms with Crippen molar-refractivity contribution >= 4 is 11.7 Å². The van der Waals surface area contributed by atoms with Gasteiger partial charge in [0.25, 0.3) is 5.91 Å². The van der Waals surface area contributed by atoms with Gasteiger partial charge in [-0.3, -0.25) is 4.79 Å². The third-order valence-electron chi connectivity index (χ3n) is 2.99. The van der Waals surface area contributed by atoms with Crippen molar-refractivity contribution in [1.82, 2.24) is 4.90 Å². The quantitative estimate of drug-likeness (QED) is 0.346. The molecule has 1 amide bonds. The van der Waals surface area contributed by atoms with Gasteiger partial charge in [-0.05, 0) is 25.0 Å². The molecular weight excluding hydrogens is 218 g/mol. The topological polar surface area (TPSA) is 78.9 Å². The minimum absolute atomic E-state index is 0.0697.